The predicted octanol–water partition coefficient (Wildman–Crippen LogP) is 2.40. The van der Waals surface area contributed by atoms with E-state index in [4.69, 9.17) is 9.47 Å². The van der Waals surface area contributed by atoms with Gasteiger partial charge in [0.2, 0.25) is 0 Å². The van der Waals surface area contributed by atoms with Crippen LogP contribution >= 0.6 is 0 Å². The standard InChI is InChI=1S/C20H21NO5/c1-25-15-8-5-9-16(10-15)26-13-19(22)21-11-17(18(12-21)20(23)24)14-6-3-2-4-7-14/h2-10,17-18H,11-13H2,1H3,(H,23,24). The SMILES string of the molecule is COc1cccc(OCC(=O)N2CC(C(=O)O)C(c3ccccc3)C2)c1. The number of carboxylic acids is 1. The van der Waals surface area contributed by atoms with E-state index in [0.29, 0.717) is 18.0 Å². The summed E-state index contributed by atoms with van der Waals surface area (Å²) in [4.78, 5) is 25.7. The number of methoxy groups -OCH3 is 1. The van der Waals surface area contributed by atoms with Gasteiger partial charge in [-0.15, -0.1) is 0 Å². The van der Waals surface area contributed by atoms with Gasteiger partial charge in [0.25, 0.3) is 5.91 Å². The molecule has 26 heavy (non-hydrogen) atoms. The molecule has 0 aliphatic carbocycles. The molecule has 6 nitrogen and oxygen atoms in total. The third-order valence-electron chi connectivity index (χ3n) is 4.62. The Labute approximate surface area is 152 Å². The summed E-state index contributed by atoms with van der Waals surface area (Å²) < 4.78 is 10.7. The first-order valence-corrected chi connectivity index (χ1v) is 8.41. The van der Waals surface area contributed by atoms with Crippen LogP contribution in [-0.4, -0.2) is 48.7 Å². The minimum atomic E-state index is -0.886. The zero-order chi connectivity index (χ0) is 18.5. The van der Waals surface area contributed by atoms with Gasteiger partial charge in [-0.2, -0.15) is 0 Å². The van der Waals surface area contributed by atoms with Crippen molar-refractivity contribution in [3.8, 4) is 11.5 Å². The molecule has 2 aromatic carbocycles. The number of nitrogens with zero attached hydrogens (tertiary/aromatic N) is 1. The molecule has 0 radical (unpaired) electrons. The van der Waals surface area contributed by atoms with Crippen molar-refractivity contribution in [2.45, 2.75) is 5.92 Å². The Kier molecular flexibility index (Phi) is 5.41. The molecule has 0 bridgehead atoms. The van der Waals surface area contributed by atoms with Crippen LogP contribution in [-0.2, 0) is 9.59 Å². The lowest BCUT2D eigenvalue weighted by Gasteiger charge is -2.17. The Morgan fingerprint density at radius 1 is 1.08 bits per heavy atom. The average molecular weight is 355 g/mol. The van der Waals surface area contributed by atoms with Gasteiger partial charge in [-0.05, 0) is 17.7 Å². The van der Waals surface area contributed by atoms with Crippen molar-refractivity contribution in [3.05, 3.63) is 60.2 Å². The topological polar surface area (TPSA) is 76.1 Å². The number of likely N-dealkylation sites (tertiary alicyclic amines) is 1. The number of hydrogen-bond acceptors (Lipinski definition) is 4. The smallest absolute Gasteiger partial charge is 0.308 e. The molecule has 1 amide bonds. The molecule has 0 spiro atoms. The van der Waals surface area contributed by atoms with Gasteiger partial charge in [0, 0.05) is 25.1 Å². The second-order valence-corrected chi connectivity index (χ2v) is 6.23. The molecule has 2 atom stereocenters. The molecule has 2 unspecified atom stereocenters. The maximum Gasteiger partial charge on any atom is 0.308 e. The monoisotopic (exact) mass is 355 g/mol. The highest BCUT2D eigenvalue weighted by atomic mass is 16.5. The summed E-state index contributed by atoms with van der Waals surface area (Å²) in [6.45, 7) is 0.428. The van der Waals surface area contributed by atoms with E-state index in [1.165, 1.54) is 0 Å². The van der Waals surface area contributed by atoms with E-state index in [0.717, 1.165) is 5.56 Å². The van der Waals surface area contributed by atoms with Gasteiger partial charge in [-0.25, -0.2) is 0 Å². The highest BCUT2D eigenvalue weighted by Gasteiger charge is 2.40. The van der Waals surface area contributed by atoms with E-state index in [-0.39, 0.29) is 25.0 Å². The van der Waals surface area contributed by atoms with Crippen molar-refractivity contribution in [1.82, 2.24) is 4.90 Å². The van der Waals surface area contributed by atoms with E-state index in [1.807, 2.05) is 30.3 Å². The van der Waals surface area contributed by atoms with Crippen LogP contribution in [0.2, 0.25) is 0 Å². The molecule has 136 valence electrons. The van der Waals surface area contributed by atoms with E-state index in [2.05, 4.69) is 0 Å². The van der Waals surface area contributed by atoms with Gasteiger partial charge in [0.05, 0.1) is 13.0 Å². The second-order valence-electron chi connectivity index (χ2n) is 6.23. The summed E-state index contributed by atoms with van der Waals surface area (Å²) in [5.41, 5.74) is 0.934. The van der Waals surface area contributed by atoms with Crippen LogP contribution in [0.25, 0.3) is 0 Å². The third kappa shape index (κ3) is 3.96. The summed E-state index contributed by atoms with van der Waals surface area (Å²) in [6.07, 6.45) is 0. The molecule has 0 aromatic heterocycles. The van der Waals surface area contributed by atoms with Crippen LogP contribution in [0, 0.1) is 5.92 Å². The van der Waals surface area contributed by atoms with Crippen LogP contribution in [0.15, 0.2) is 54.6 Å². The highest BCUT2D eigenvalue weighted by Crippen LogP contribution is 2.33. The van der Waals surface area contributed by atoms with E-state index in [9.17, 15) is 14.7 Å². The van der Waals surface area contributed by atoms with Gasteiger partial charge in [0.15, 0.2) is 6.61 Å². The molecule has 0 saturated carbocycles. The Morgan fingerprint density at radius 3 is 2.50 bits per heavy atom. The number of benzene rings is 2. The number of carbonyl (C=O) groups is 2. The average Bonchev–Trinajstić information content (AvgIpc) is 3.13. The largest absolute Gasteiger partial charge is 0.497 e. The molecule has 2 aromatic rings. The lowest BCUT2D eigenvalue weighted by Crippen LogP contribution is -2.33. The molecular weight excluding hydrogens is 334 g/mol. The van der Waals surface area contributed by atoms with Gasteiger partial charge in [-0.3, -0.25) is 9.59 Å². The lowest BCUT2D eigenvalue weighted by atomic mass is 9.89. The Balaban J connectivity index is 1.65. The number of ether oxygens (including phenoxy) is 2. The first kappa shape index (κ1) is 17.8. The van der Waals surface area contributed by atoms with E-state index in [1.54, 1.807) is 36.3 Å². The first-order chi connectivity index (χ1) is 12.6. The van der Waals surface area contributed by atoms with Crippen molar-refractivity contribution >= 4 is 11.9 Å². The van der Waals surface area contributed by atoms with Crippen LogP contribution in [0.5, 0.6) is 11.5 Å². The zero-order valence-corrected chi connectivity index (χ0v) is 14.5. The fourth-order valence-corrected chi connectivity index (χ4v) is 3.22. The summed E-state index contributed by atoms with van der Waals surface area (Å²) in [7, 11) is 1.56. The minimum Gasteiger partial charge on any atom is -0.497 e. The summed E-state index contributed by atoms with van der Waals surface area (Å²) in [5.74, 6) is -0.759. The minimum absolute atomic E-state index is 0.138. The molecule has 1 N–H and O–H groups in total. The number of rotatable bonds is 6. The predicted molar refractivity (Wildman–Crippen MR) is 95.4 cm³/mol. The van der Waals surface area contributed by atoms with Crippen LogP contribution in [0.3, 0.4) is 0 Å². The van der Waals surface area contributed by atoms with Crippen molar-refractivity contribution in [1.29, 1.82) is 0 Å². The summed E-state index contributed by atoms with van der Waals surface area (Å²) >= 11 is 0. The maximum atomic E-state index is 12.5. The van der Waals surface area contributed by atoms with Crippen molar-refractivity contribution in [2.24, 2.45) is 5.92 Å². The van der Waals surface area contributed by atoms with E-state index >= 15 is 0 Å². The number of carboxylic acid groups (broad SMARTS) is 1. The number of amides is 1. The molecule has 1 aliphatic rings. The summed E-state index contributed by atoms with van der Waals surface area (Å²) in [5, 5.41) is 9.53. The Morgan fingerprint density at radius 2 is 1.81 bits per heavy atom. The molecule has 1 fully saturated rings. The molecule has 3 rings (SSSR count). The van der Waals surface area contributed by atoms with Crippen LogP contribution in [0.4, 0.5) is 0 Å². The summed E-state index contributed by atoms with van der Waals surface area (Å²) in [6, 6.07) is 16.5. The van der Waals surface area contributed by atoms with Crippen molar-refractivity contribution < 1.29 is 24.2 Å². The van der Waals surface area contributed by atoms with E-state index < -0.39 is 11.9 Å². The second kappa shape index (κ2) is 7.91. The normalized spacial score (nSPS) is 19.2. The number of carbonyl (C=O) groups excluding carboxylic acids is 1. The third-order valence-corrected chi connectivity index (χ3v) is 4.62. The fraction of sp³-hybridized carbons (Fsp3) is 0.300. The van der Waals surface area contributed by atoms with Gasteiger partial charge in [-0.1, -0.05) is 36.4 Å². The maximum absolute atomic E-state index is 12.5. The van der Waals surface area contributed by atoms with Gasteiger partial charge < -0.3 is 19.5 Å². The molecule has 1 heterocycles. The van der Waals surface area contributed by atoms with Gasteiger partial charge >= 0.3 is 5.97 Å². The highest BCUT2D eigenvalue weighted by molar-refractivity contribution is 5.80. The Bertz CT molecular complexity index is 777. The van der Waals surface area contributed by atoms with Crippen LogP contribution in [0.1, 0.15) is 11.5 Å². The zero-order valence-electron chi connectivity index (χ0n) is 14.5. The molecular formula is C20H21NO5. The fourth-order valence-electron chi connectivity index (χ4n) is 3.22. The number of hydrogen-bond donors (Lipinski definition) is 1. The molecule has 6 heteroatoms. The molecule has 1 saturated heterocycles. The van der Waals surface area contributed by atoms with Crippen molar-refractivity contribution in [3.63, 3.8) is 0 Å². The Hall–Kier alpha value is -3.02. The quantitative estimate of drug-likeness (QED) is 0.861. The lowest BCUT2D eigenvalue weighted by molar-refractivity contribution is -0.142. The van der Waals surface area contributed by atoms with Crippen LogP contribution < -0.4 is 9.47 Å². The molecule has 1 aliphatic heterocycles. The van der Waals surface area contributed by atoms with Gasteiger partial charge in [0.1, 0.15) is 11.5 Å². The number of aliphatic carboxylic acids is 1. The first-order valence-electron chi connectivity index (χ1n) is 8.41. The van der Waals surface area contributed by atoms with Crippen molar-refractivity contribution in [2.75, 3.05) is 26.8 Å².